The van der Waals surface area contributed by atoms with E-state index in [-0.39, 0.29) is 18.0 Å². The largest absolute Gasteiger partial charge is 0.453 e. The number of carbonyl (C=O) groups excluding carboxylic acids is 2. The number of nitrogens with zero attached hydrogens (tertiary/aromatic N) is 2. The second kappa shape index (κ2) is 4.39. The molecule has 2 aliphatic rings. The predicted octanol–water partition coefficient (Wildman–Crippen LogP) is 1.01. The van der Waals surface area contributed by atoms with Crippen molar-refractivity contribution in [2.45, 2.75) is 26.3 Å². The molecule has 5 nitrogen and oxygen atoms in total. The average molecular weight is 238 g/mol. The van der Waals surface area contributed by atoms with E-state index < -0.39 is 0 Å². The van der Waals surface area contributed by atoms with Crippen LogP contribution in [0.3, 0.4) is 0 Å². The lowest BCUT2D eigenvalue weighted by molar-refractivity contribution is -0.127. The normalized spacial score (nSPS) is 20.1. The average Bonchev–Trinajstić information content (AvgIpc) is 2.65. The lowest BCUT2D eigenvalue weighted by Crippen LogP contribution is -2.38. The van der Waals surface area contributed by atoms with Crippen LogP contribution in [0.15, 0.2) is 11.1 Å². The Hall–Kier alpha value is -1.52. The predicted molar refractivity (Wildman–Crippen MR) is 62.5 cm³/mol. The Bertz CT molecular complexity index is 387. The number of hydrogen-bond acceptors (Lipinski definition) is 3. The van der Waals surface area contributed by atoms with Gasteiger partial charge in [0.15, 0.2) is 0 Å². The van der Waals surface area contributed by atoms with Crippen molar-refractivity contribution in [1.29, 1.82) is 0 Å². The molecule has 0 aromatic carbocycles. The van der Waals surface area contributed by atoms with E-state index in [1.165, 1.54) is 12.7 Å². The van der Waals surface area contributed by atoms with Gasteiger partial charge in [-0.15, -0.1) is 0 Å². The lowest BCUT2D eigenvalue weighted by Gasteiger charge is -2.25. The zero-order valence-corrected chi connectivity index (χ0v) is 10.5. The molecule has 94 valence electrons. The van der Waals surface area contributed by atoms with Gasteiger partial charge in [-0.05, 0) is 25.8 Å². The van der Waals surface area contributed by atoms with Gasteiger partial charge in [-0.3, -0.25) is 4.79 Å². The standard InChI is InChI=1S/C12H18N2O3/c1-8(2)14-6-9-4-5-13(12(16)17-3)7-10(9)11(14)15/h8H,4-7H2,1-3H3. The van der Waals surface area contributed by atoms with Crippen LogP contribution in [-0.2, 0) is 9.53 Å². The van der Waals surface area contributed by atoms with Crippen LogP contribution >= 0.6 is 0 Å². The van der Waals surface area contributed by atoms with Crippen molar-refractivity contribution in [2.75, 3.05) is 26.7 Å². The van der Waals surface area contributed by atoms with E-state index in [1.54, 1.807) is 4.90 Å². The lowest BCUT2D eigenvalue weighted by atomic mass is 10.0. The van der Waals surface area contributed by atoms with Crippen molar-refractivity contribution >= 4 is 12.0 Å². The number of carbonyl (C=O) groups is 2. The molecule has 0 spiro atoms. The molecule has 0 unspecified atom stereocenters. The topological polar surface area (TPSA) is 49.9 Å². The molecule has 0 saturated heterocycles. The van der Waals surface area contributed by atoms with Crippen molar-refractivity contribution in [2.24, 2.45) is 0 Å². The van der Waals surface area contributed by atoms with Crippen molar-refractivity contribution < 1.29 is 14.3 Å². The molecule has 0 N–H and O–H groups in total. The van der Waals surface area contributed by atoms with Gasteiger partial charge in [0.2, 0.25) is 0 Å². The second-order valence-corrected chi connectivity index (χ2v) is 4.75. The van der Waals surface area contributed by atoms with E-state index in [9.17, 15) is 9.59 Å². The molecule has 0 aliphatic carbocycles. The van der Waals surface area contributed by atoms with Gasteiger partial charge < -0.3 is 14.5 Å². The van der Waals surface area contributed by atoms with Crippen molar-refractivity contribution in [1.82, 2.24) is 9.80 Å². The van der Waals surface area contributed by atoms with Crippen molar-refractivity contribution in [3.8, 4) is 0 Å². The quantitative estimate of drug-likeness (QED) is 0.685. The Morgan fingerprint density at radius 2 is 2.06 bits per heavy atom. The molecule has 0 fully saturated rings. The Labute approximate surface area is 101 Å². The molecule has 0 saturated carbocycles. The van der Waals surface area contributed by atoms with Crippen LogP contribution in [0.1, 0.15) is 20.3 Å². The Kier molecular flexibility index (Phi) is 3.09. The first-order chi connectivity index (χ1) is 8.04. The van der Waals surface area contributed by atoms with E-state index in [4.69, 9.17) is 0 Å². The van der Waals surface area contributed by atoms with Crippen LogP contribution in [0.25, 0.3) is 0 Å². The third-order valence-corrected chi connectivity index (χ3v) is 3.40. The molecule has 0 bridgehead atoms. The second-order valence-electron chi connectivity index (χ2n) is 4.75. The van der Waals surface area contributed by atoms with Gasteiger partial charge in [-0.1, -0.05) is 0 Å². The molecular weight excluding hydrogens is 220 g/mol. The van der Waals surface area contributed by atoms with Gasteiger partial charge in [0.1, 0.15) is 0 Å². The van der Waals surface area contributed by atoms with Crippen LogP contribution < -0.4 is 0 Å². The van der Waals surface area contributed by atoms with E-state index in [2.05, 4.69) is 4.74 Å². The minimum Gasteiger partial charge on any atom is -0.453 e. The van der Waals surface area contributed by atoms with Gasteiger partial charge in [-0.2, -0.15) is 0 Å². The molecule has 0 aromatic rings. The van der Waals surface area contributed by atoms with Crippen LogP contribution in [-0.4, -0.2) is 54.6 Å². The molecule has 2 amide bonds. The summed E-state index contributed by atoms with van der Waals surface area (Å²) < 4.78 is 4.69. The number of methoxy groups -OCH3 is 1. The molecule has 17 heavy (non-hydrogen) atoms. The minimum atomic E-state index is -0.354. The highest BCUT2D eigenvalue weighted by molar-refractivity contribution is 5.98. The fourth-order valence-corrected chi connectivity index (χ4v) is 2.35. The van der Waals surface area contributed by atoms with Crippen LogP contribution in [0.4, 0.5) is 4.79 Å². The Morgan fingerprint density at radius 1 is 1.35 bits per heavy atom. The first-order valence-electron chi connectivity index (χ1n) is 5.89. The zero-order chi connectivity index (χ0) is 12.6. The summed E-state index contributed by atoms with van der Waals surface area (Å²) in [5.74, 6) is 0.0728. The summed E-state index contributed by atoms with van der Waals surface area (Å²) in [6.45, 7) is 5.78. The van der Waals surface area contributed by atoms with Crippen LogP contribution in [0.2, 0.25) is 0 Å². The summed E-state index contributed by atoms with van der Waals surface area (Å²) in [6.07, 6.45) is 0.423. The maximum absolute atomic E-state index is 12.1. The third-order valence-electron chi connectivity index (χ3n) is 3.40. The summed E-state index contributed by atoms with van der Waals surface area (Å²) in [5, 5.41) is 0. The van der Waals surface area contributed by atoms with Gasteiger partial charge in [0, 0.05) is 24.7 Å². The minimum absolute atomic E-state index is 0.0728. The molecule has 2 heterocycles. The van der Waals surface area contributed by atoms with Gasteiger partial charge in [0.25, 0.3) is 5.91 Å². The first kappa shape index (κ1) is 12.0. The van der Waals surface area contributed by atoms with E-state index >= 15 is 0 Å². The highest BCUT2D eigenvalue weighted by atomic mass is 16.5. The van der Waals surface area contributed by atoms with Crippen molar-refractivity contribution in [3.05, 3.63) is 11.1 Å². The summed E-state index contributed by atoms with van der Waals surface area (Å²) in [6, 6.07) is 0.208. The molecule has 0 atom stereocenters. The van der Waals surface area contributed by atoms with E-state index in [0.717, 1.165) is 18.5 Å². The fraction of sp³-hybridized carbons (Fsp3) is 0.667. The third kappa shape index (κ3) is 2.01. The van der Waals surface area contributed by atoms with Gasteiger partial charge in [-0.25, -0.2) is 4.79 Å². The highest BCUT2D eigenvalue weighted by Crippen LogP contribution is 2.28. The molecule has 5 heteroatoms. The Morgan fingerprint density at radius 3 is 2.65 bits per heavy atom. The molecular formula is C12H18N2O3. The zero-order valence-electron chi connectivity index (χ0n) is 10.5. The van der Waals surface area contributed by atoms with E-state index in [0.29, 0.717) is 13.1 Å². The number of ether oxygens (including phenoxy) is 1. The highest BCUT2D eigenvalue weighted by Gasteiger charge is 2.36. The number of rotatable bonds is 1. The SMILES string of the molecule is COC(=O)N1CCC2=C(C1)C(=O)N(C(C)C)C2. The maximum atomic E-state index is 12.1. The Balaban J connectivity index is 2.12. The molecule has 2 aliphatic heterocycles. The van der Waals surface area contributed by atoms with E-state index in [1.807, 2.05) is 18.7 Å². The van der Waals surface area contributed by atoms with Gasteiger partial charge >= 0.3 is 6.09 Å². The van der Waals surface area contributed by atoms with Gasteiger partial charge in [0.05, 0.1) is 13.7 Å². The molecule has 2 rings (SSSR count). The summed E-state index contributed by atoms with van der Waals surface area (Å²) in [7, 11) is 1.36. The summed E-state index contributed by atoms with van der Waals surface area (Å²) in [5.41, 5.74) is 1.97. The number of amides is 2. The molecule has 0 radical (unpaired) electrons. The smallest absolute Gasteiger partial charge is 0.409 e. The van der Waals surface area contributed by atoms with Crippen molar-refractivity contribution in [3.63, 3.8) is 0 Å². The monoisotopic (exact) mass is 238 g/mol. The fourth-order valence-electron chi connectivity index (χ4n) is 2.35. The maximum Gasteiger partial charge on any atom is 0.409 e. The summed E-state index contributed by atoms with van der Waals surface area (Å²) >= 11 is 0. The molecule has 0 aromatic heterocycles. The van der Waals surface area contributed by atoms with Crippen LogP contribution in [0, 0.1) is 0 Å². The summed E-state index contributed by atoms with van der Waals surface area (Å²) in [4.78, 5) is 27.0. The first-order valence-corrected chi connectivity index (χ1v) is 5.89. The van der Waals surface area contributed by atoms with Crippen LogP contribution in [0.5, 0.6) is 0 Å². The number of hydrogen-bond donors (Lipinski definition) is 0.